The van der Waals surface area contributed by atoms with Crippen molar-refractivity contribution in [2.75, 3.05) is 20.1 Å². The summed E-state index contributed by atoms with van der Waals surface area (Å²) in [5.74, 6) is -0.725. The Morgan fingerprint density at radius 2 is 2.00 bits per heavy atom. The lowest BCUT2D eigenvalue weighted by Crippen LogP contribution is -2.33. The summed E-state index contributed by atoms with van der Waals surface area (Å²) >= 11 is 0. The molecule has 12 heavy (non-hydrogen) atoms. The fourth-order valence-electron chi connectivity index (χ4n) is 1.04. The summed E-state index contributed by atoms with van der Waals surface area (Å²) in [7, 11) is 1.94. The van der Waals surface area contributed by atoms with Gasteiger partial charge in [0.2, 0.25) is 0 Å². The van der Waals surface area contributed by atoms with Crippen molar-refractivity contribution in [1.82, 2.24) is 4.90 Å². The quantitative estimate of drug-likeness (QED) is 0.681. The molecule has 3 nitrogen and oxygen atoms in total. The van der Waals surface area contributed by atoms with Gasteiger partial charge in [-0.25, -0.2) is 0 Å². The lowest BCUT2D eigenvalue weighted by Gasteiger charge is -2.22. The molecule has 0 aliphatic rings. The molecule has 0 fully saturated rings. The van der Waals surface area contributed by atoms with Gasteiger partial charge in [-0.1, -0.05) is 20.8 Å². The van der Waals surface area contributed by atoms with Crippen molar-refractivity contribution in [2.45, 2.75) is 20.8 Å². The van der Waals surface area contributed by atoms with Gasteiger partial charge >= 0.3 is 5.97 Å². The van der Waals surface area contributed by atoms with Crippen LogP contribution in [0.25, 0.3) is 0 Å². The molecule has 3 heteroatoms. The zero-order valence-electron chi connectivity index (χ0n) is 8.37. The van der Waals surface area contributed by atoms with Crippen molar-refractivity contribution in [2.24, 2.45) is 11.8 Å². The van der Waals surface area contributed by atoms with E-state index in [1.807, 2.05) is 32.7 Å². The first-order valence-corrected chi connectivity index (χ1v) is 4.40. The summed E-state index contributed by atoms with van der Waals surface area (Å²) in [6.07, 6.45) is 0. The van der Waals surface area contributed by atoms with Gasteiger partial charge < -0.3 is 10.0 Å². The maximum Gasteiger partial charge on any atom is 0.308 e. The van der Waals surface area contributed by atoms with Crippen LogP contribution in [0, 0.1) is 11.8 Å². The van der Waals surface area contributed by atoms with Gasteiger partial charge in [0.25, 0.3) is 0 Å². The lowest BCUT2D eigenvalue weighted by molar-refractivity contribution is -0.143. The molecule has 1 N–H and O–H groups in total. The minimum Gasteiger partial charge on any atom is -0.481 e. The number of hydrogen-bond acceptors (Lipinski definition) is 2. The highest BCUT2D eigenvalue weighted by molar-refractivity contribution is 5.70. The average Bonchev–Trinajstić information content (AvgIpc) is 1.98. The molecule has 1 unspecified atom stereocenters. The van der Waals surface area contributed by atoms with E-state index >= 15 is 0 Å². The number of carboxylic acid groups (broad SMARTS) is 1. The monoisotopic (exact) mass is 173 g/mol. The van der Waals surface area contributed by atoms with Crippen molar-refractivity contribution in [3.05, 3.63) is 0 Å². The van der Waals surface area contributed by atoms with Crippen LogP contribution in [0.1, 0.15) is 20.8 Å². The van der Waals surface area contributed by atoms with E-state index < -0.39 is 5.97 Å². The maximum atomic E-state index is 10.8. The molecular formula is C9H19NO2. The van der Waals surface area contributed by atoms with Crippen molar-refractivity contribution in [3.63, 3.8) is 0 Å². The maximum absolute atomic E-state index is 10.8. The smallest absolute Gasteiger partial charge is 0.308 e. The molecule has 0 aromatic rings. The van der Waals surface area contributed by atoms with Crippen LogP contribution in [-0.2, 0) is 4.79 Å². The van der Waals surface area contributed by atoms with E-state index in [1.165, 1.54) is 0 Å². The Labute approximate surface area is 74.4 Å². The van der Waals surface area contributed by atoms with E-state index in [1.54, 1.807) is 0 Å². The van der Waals surface area contributed by atoms with Crippen LogP contribution in [0.4, 0.5) is 0 Å². The predicted molar refractivity (Wildman–Crippen MR) is 49.1 cm³/mol. The molecule has 0 saturated heterocycles. The van der Waals surface area contributed by atoms with Crippen LogP contribution in [0.3, 0.4) is 0 Å². The molecule has 0 amide bonds. The van der Waals surface area contributed by atoms with Gasteiger partial charge in [-0.05, 0) is 19.5 Å². The molecule has 1 atom stereocenters. The van der Waals surface area contributed by atoms with Crippen molar-refractivity contribution >= 4 is 5.97 Å². The Morgan fingerprint density at radius 3 is 2.25 bits per heavy atom. The van der Waals surface area contributed by atoms with Crippen molar-refractivity contribution in [1.29, 1.82) is 0 Å². The summed E-state index contributed by atoms with van der Waals surface area (Å²) in [5, 5.41) is 8.86. The van der Waals surface area contributed by atoms with Crippen LogP contribution < -0.4 is 0 Å². The highest BCUT2D eigenvalue weighted by atomic mass is 16.4. The molecule has 0 aliphatic heterocycles. The van der Waals surface area contributed by atoms with Crippen molar-refractivity contribution < 1.29 is 9.90 Å². The second-order valence-electron chi connectivity index (χ2n) is 3.54. The van der Waals surface area contributed by atoms with Crippen molar-refractivity contribution in [3.8, 4) is 0 Å². The number of aliphatic carboxylic acids is 1. The summed E-state index contributed by atoms with van der Waals surface area (Å²) in [4.78, 5) is 12.8. The van der Waals surface area contributed by atoms with Gasteiger partial charge in [-0.3, -0.25) is 4.79 Å². The molecule has 0 heterocycles. The predicted octanol–water partition coefficient (Wildman–Crippen LogP) is 1.29. The largest absolute Gasteiger partial charge is 0.481 e. The number of carbonyl (C=O) groups is 1. The van der Waals surface area contributed by atoms with E-state index in [2.05, 4.69) is 0 Å². The lowest BCUT2D eigenvalue weighted by atomic mass is 9.95. The minimum absolute atomic E-state index is 0.205. The topological polar surface area (TPSA) is 40.5 Å². The first-order chi connectivity index (χ1) is 5.49. The molecule has 0 aromatic carbocycles. The third-order valence-corrected chi connectivity index (χ3v) is 2.17. The van der Waals surface area contributed by atoms with Crippen LogP contribution in [0.5, 0.6) is 0 Å². The molecule has 0 aromatic heterocycles. The van der Waals surface area contributed by atoms with Gasteiger partial charge in [-0.2, -0.15) is 0 Å². The Bertz CT molecular complexity index is 145. The Kier molecular flexibility index (Phi) is 4.90. The van der Waals surface area contributed by atoms with Gasteiger partial charge in [0, 0.05) is 6.54 Å². The number of carboxylic acids is 1. The average molecular weight is 173 g/mol. The summed E-state index contributed by atoms with van der Waals surface area (Å²) < 4.78 is 0. The third-order valence-electron chi connectivity index (χ3n) is 2.17. The first kappa shape index (κ1) is 11.4. The van der Waals surface area contributed by atoms with Crippen LogP contribution in [0.2, 0.25) is 0 Å². The van der Waals surface area contributed by atoms with Crippen LogP contribution in [-0.4, -0.2) is 36.1 Å². The van der Waals surface area contributed by atoms with E-state index in [9.17, 15) is 4.79 Å². The normalized spacial score (nSPS) is 13.8. The standard InChI is InChI=1S/C9H19NO2/c1-5-10(4)6-8(7(2)3)9(11)12/h7-8H,5-6H2,1-4H3,(H,11,12). The Balaban J connectivity index is 4.05. The van der Waals surface area contributed by atoms with Gasteiger partial charge in [0.1, 0.15) is 0 Å². The molecule has 0 saturated carbocycles. The van der Waals surface area contributed by atoms with E-state index in [0.29, 0.717) is 6.54 Å². The Morgan fingerprint density at radius 1 is 1.50 bits per heavy atom. The fourth-order valence-corrected chi connectivity index (χ4v) is 1.04. The molecule has 0 aliphatic carbocycles. The molecule has 0 spiro atoms. The second kappa shape index (κ2) is 5.14. The summed E-state index contributed by atoms with van der Waals surface area (Å²) in [6.45, 7) is 7.46. The first-order valence-electron chi connectivity index (χ1n) is 4.40. The molecule has 0 radical (unpaired) electrons. The SMILES string of the molecule is CCN(C)CC(C(=O)O)C(C)C. The van der Waals surface area contributed by atoms with E-state index in [4.69, 9.17) is 5.11 Å². The van der Waals surface area contributed by atoms with Crippen LogP contribution >= 0.6 is 0 Å². The van der Waals surface area contributed by atoms with Crippen LogP contribution in [0.15, 0.2) is 0 Å². The Hall–Kier alpha value is -0.570. The van der Waals surface area contributed by atoms with Gasteiger partial charge in [-0.15, -0.1) is 0 Å². The fraction of sp³-hybridized carbons (Fsp3) is 0.889. The highest BCUT2D eigenvalue weighted by Gasteiger charge is 2.22. The van der Waals surface area contributed by atoms with Gasteiger partial charge in [0.15, 0.2) is 0 Å². The molecular weight excluding hydrogens is 154 g/mol. The number of nitrogens with zero attached hydrogens (tertiary/aromatic N) is 1. The number of rotatable bonds is 5. The summed E-state index contributed by atoms with van der Waals surface area (Å²) in [5.41, 5.74) is 0. The zero-order chi connectivity index (χ0) is 9.72. The van der Waals surface area contributed by atoms with E-state index in [-0.39, 0.29) is 11.8 Å². The van der Waals surface area contributed by atoms with Gasteiger partial charge in [0.05, 0.1) is 5.92 Å². The summed E-state index contributed by atoms with van der Waals surface area (Å²) in [6, 6.07) is 0. The molecule has 72 valence electrons. The molecule has 0 bridgehead atoms. The van der Waals surface area contributed by atoms with E-state index in [0.717, 1.165) is 6.54 Å². The molecule has 0 rings (SSSR count). The third kappa shape index (κ3) is 3.72. The highest BCUT2D eigenvalue weighted by Crippen LogP contribution is 2.11. The minimum atomic E-state index is -0.690. The second-order valence-corrected chi connectivity index (χ2v) is 3.54. The zero-order valence-corrected chi connectivity index (χ0v) is 8.37. The number of hydrogen-bond donors (Lipinski definition) is 1.